The highest BCUT2D eigenvalue weighted by Crippen LogP contribution is 2.07. The Kier molecular flexibility index (Phi) is 7.29. The van der Waals surface area contributed by atoms with Crippen LogP contribution < -0.4 is 0 Å². The molecule has 0 aliphatic rings. The van der Waals surface area contributed by atoms with E-state index in [-0.39, 0.29) is 0 Å². The van der Waals surface area contributed by atoms with Crippen molar-refractivity contribution in [3.8, 4) is 0 Å². The first-order valence-electron chi connectivity index (χ1n) is 5.40. The monoisotopic (exact) mass is 187 g/mol. The van der Waals surface area contributed by atoms with Gasteiger partial charge in [0.1, 0.15) is 0 Å². The molecule has 0 aromatic rings. The molecule has 80 valence electrons. The number of hydrogen-bond acceptors (Lipinski definition) is 2. The first kappa shape index (κ1) is 12.9. The van der Waals surface area contributed by atoms with E-state index >= 15 is 0 Å². The van der Waals surface area contributed by atoms with Crippen molar-refractivity contribution in [3.05, 3.63) is 0 Å². The lowest BCUT2D eigenvalue weighted by Crippen LogP contribution is -2.36. The minimum Gasteiger partial charge on any atom is -0.380 e. The molecule has 2 nitrogen and oxygen atoms in total. The molecule has 0 aliphatic carbocycles. The average Bonchev–Trinajstić information content (AvgIpc) is 2.11. The van der Waals surface area contributed by atoms with Crippen molar-refractivity contribution in [3.63, 3.8) is 0 Å². The predicted octanol–water partition coefficient (Wildman–Crippen LogP) is 2.39. The number of methoxy groups -OCH3 is 1. The predicted molar refractivity (Wildman–Crippen MR) is 58.0 cm³/mol. The molecule has 0 spiro atoms. The van der Waals surface area contributed by atoms with Gasteiger partial charge in [0.05, 0.1) is 6.10 Å². The number of rotatable bonds is 7. The van der Waals surface area contributed by atoms with Crippen molar-refractivity contribution in [2.24, 2.45) is 5.92 Å². The maximum atomic E-state index is 5.45. The summed E-state index contributed by atoms with van der Waals surface area (Å²) in [6.07, 6.45) is 1.61. The third-order valence-electron chi connectivity index (χ3n) is 2.47. The molecule has 1 atom stereocenters. The highest BCUT2D eigenvalue weighted by Gasteiger charge is 2.15. The summed E-state index contributed by atoms with van der Waals surface area (Å²) in [6.45, 7) is 12.2. The molecule has 0 aliphatic heterocycles. The van der Waals surface area contributed by atoms with Crippen molar-refractivity contribution < 1.29 is 4.74 Å². The number of likely N-dealkylation sites (N-methyl/N-ethyl adjacent to an activating group) is 1. The molecule has 0 fully saturated rings. The Morgan fingerprint density at radius 1 is 1.23 bits per heavy atom. The summed E-state index contributed by atoms with van der Waals surface area (Å²) in [5, 5.41) is 0. The van der Waals surface area contributed by atoms with Gasteiger partial charge in [-0.15, -0.1) is 0 Å². The maximum Gasteiger partial charge on any atom is 0.0721 e. The van der Waals surface area contributed by atoms with Crippen LogP contribution in [0.5, 0.6) is 0 Å². The second-order valence-electron chi connectivity index (χ2n) is 3.91. The Hall–Kier alpha value is -0.0800. The molecule has 1 unspecified atom stereocenters. The van der Waals surface area contributed by atoms with Crippen LogP contribution in [0.2, 0.25) is 0 Å². The Labute approximate surface area is 83.3 Å². The summed E-state index contributed by atoms with van der Waals surface area (Å²) in [4.78, 5) is 2.45. The standard InChI is InChI=1S/C11H25NO/c1-6-8-12(7-2)9-11(13-5)10(3)4/h10-11H,6-9H2,1-5H3. The molecular formula is C11H25NO. The minimum absolute atomic E-state index is 0.381. The van der Waals surface area contributed by atoms with Crippen molar-refractivity contribution in [1.82, 2.24) is 4.90 Å². The van der Waals surface area contributed by atoms with Crippen molar-refractivity contribution >= 4 is 0 Å². The van der Waals surface area contributed by atoms with E-state index in [1.807, 2.05) is 7.11 Å². The molecule has 0 heterocycles. The van der Waals surface area contributed by atoms with Gasteiger partial charge in [0.25, 0.3) is 0 Å². The van der Waals surface area contributed by atoms with Crippen LogP contribution in [-0.2, 0) is 4.74 Å². The Balaban J connectivity index is 3.87. The van der Waals surface area contributed by atoms with Gasteiger partial charge >= 0.3 is 0 Å². The summed E-state index contributed by atoms with van der Waals surface area (Å²) in [7, 11) is 1.81. The van der Waals surface area contributed by atoms with E-state index in [0.29, 0.717) is 12.0 Å². The summed E-state index contributed by atoms with van der Waals surface area (Å²) in [5.74, 6) is 0.607. The molecule has 0 aromatic heterocycles. The maximum absolute atomic E-state index is 5.45. The van der Waals surface area contributed by atoms with Crippen LogP contribution in [0.1, 0.15) is 34.1 Å². The topological polar surface area (TPSA) is 12.5 Å². The van der Waals surface area contributed by atoms with Crippen molar-refractivity contribution in [2.45, 2.75) is 40.2 Å². The molecule has 0 bridgehead atoms. The van der Waals surface area contributed by atoms with Gasteiger partial charge in [-0.25, -0.2) is 0 Å². The average molecular weight is 187 g/mol. The molecule has 0 saturated carbocycles. The molecule has 13 heavy (non-hydrogen) atoms. The third kappa shape index (κ3) is 5.27. The summed E-state index contributed by atoms with van der Waals surface area (Å²) in [6, 6.07) is 0. The van der Waals surface area contributed by atoms with E-state index in [1.54, 1.807) is 0 Å². The van der Waals surface area contributed by atoms with E-state index in [0.717, 1.165) is 13.1 Å². The summed E-state index contributed by atoms with van der Waals surface area (Å²) in [5.41, 5.74) is 0. The van der Waals surface area contributed by atoms with E-state index in [4.69, 9.17) is 4.74 Å². The quantitative estimate of drug-likeness (QED) is 0.607. The normalized spacial score (nSPS) is 14.1. The summed E-state index contributed by atoms with van der Waals surface area (Å²) >= 11 is 0. The van der Waals surface area contributed by atoms with E-state index in [9.17, 15) is 0 Å². The smallest absolute Gasteiger partial charge is 0.0721 e. The molecule has 0 N–H and O–H groups in total. The zero-order valence-electron chi connectivity index (χ0n) is 9.84. The van der Waals surface area contributed by atoms with E-state index in [1.165, 1.54) is 13.0 Å². The zero-order chi connectivity index (χ0) is 10.3. The second-order valence-corrected chi connectivity index (χ2v) is 3.91. The molecule has 0 amide bonds. The molecule has 0 saturated heterocycles. The minimum atomic E-state index is 0.381. The van der Waals surface area contributed by atoms with Crippen LogP contribution >= 0.6 is 0 Å². The fraction of sp³-hybridized carbons (Fsp3) is 1.00. The van der Waals surface area contributed by atoms with Crippen LogP contribution in [0.25, 0.3) is 0 Å². The second kappa shape index (κ2) is 7.34. The van der Waals surface area contributed by atoms with Gasteiger partial charge in [-0.3, -0.25) is 0 Å². The Morgan fingerprint density at radius 3 is 2.15 bits per heavy atom. The molecule has 0 rings (SSSR count). The molecule has 0 aromatic carbocycles. The number of ether oxygens (including phenoxy) is 1. The van der Waals surface area contributed by atoms with Gasteiger partial charge in [-0.1, -0.05) is 27.7 Å². The molecule has 2 heteroatoms. The lowest BCUT2D eigenvalue weighted by atomic mass is 10.1. The number of hydrogen-bond donors (Lipinski definition) is 0. The van der Waals surface area contributed by atoms with Crippen molar-refractivity contribution in [2.75, 3.05) is 26.7 Å². The Bertz CT molecular complexity index is 115. The van der Waals surface area contributed by atoms with Gasteiger partial charge in [0, 0.05) is 13.7 Å². The summed E-state index contributed by atoms with van der Waals surface area (Å²) < 4.78 is 5.45. The first-order valence-corrected chi connectivity index (χ1v) is 5.40. The number of nitrogens with zero attached hydrogens (tertiary/aromatic N) is 1. The third-order valence-corrected chi connectivity index (χ3v) is 2.47. The van der Waals surface area contributed by atoms with Gasteiger partial charge in [-0.2, -0.15) is 0 Å². The lowest BCUT2D eigenvalue weighted by molar-refractivity contribution is 0.0336. The fourth-order valence-electron chi connectivity index (χ4n) is 1.51. The highest BCUT2D eigenvalue weighted by molar-refractivity contribution is 4.67. The molecule has 0 radical (unpaired) electrons. The van der Waals surface area contributed by atoms with Crippen LogP contribution in [0.4, 0.5) is 0 Å². The SMILES string of the molecule is CCCN(CC)CC(OC)C(C)C. The van der Waals surface area contributed by atoms with Crippen LogP contribution in [-0.4, -0.2) is 37.7 Å². The van der Waals surface area contributed by atoms with Crippen LogP contribution in [0, 0.1) is 5.92 Å². The van der Waals surface area contributed by atoms with Gasteiger partial charge in [-0.05, 0) is 25.4 Å². The lowest BCUT2D eigenvalue weighted by Gasteiger charge is -2.27. The highest BCUT2D eigenvalue weighted by atomic mass is 16.5. The van der Waals surface area contributed by atoms with Gasteiger partial charge < -0.3 is 9.64 Å². The van der Waals surface area contributed by atoms with E-state index < -0.39 is 0 Å². The molecular weight excluding hydrogens is 162 g/mol. The fourth-order valence-corrected chi connectivity index (χ4v) is 1.51. The van der Waals surface area contributed by atoms with E-state index in [2.05, 4.69) is 32.6 Å². The van der Waals surface area contributed by atoms with Gasteiger partial charge in [0.2, 0.25) is 0 Å². The van der Waals surface area contributed by atoms with Crippen LogP contribution in [0.3, 0.4) is 0 Å². The van der Waals surface area contributed by atoms with Crippen molar-refractivity contribution in [1.29, 1.82) is 0 Å². The van der Waals surface area contributed by atoms with Gasteiger partial charge in [0.15, 0.2) is 0 Å². The van der Waals surface area contributed by atoms with Crippen LogP contribution in [0.15, 0.2) is 0 Å². The largest absolute Gasteiger partial charge is 0.380 e. The first-order chi connectivity index (χ1) is 6.15. The zero-order valence-corrected chi connectivity index (χ0v) is 9.84. The Morgan fingerprint density at radius 2 is 1.85 bits per heavy atom.